The molecule has 24 heavy (non-hydrogen) atoms. The lowest BCUT2D eigenvalue weighted by atomic mass is 10.2. The lowest BCUT2D eigenvalue weighted by molar-refractivity contribution is -0.127. The summed E-state index contributed by atoms with van der Waals surface area (Å²) in [5.41, 5.74) is 0.840. The highest BCUT2D eigenvalue weighted by Crippen LogP contribution is 2.18. The number of alkyl halides is 2. The minimum atomic E-state index is -2.84. The predicted octanol–water partition coefficient (Wildman–Crippen LogP) is 3.26. The van der Waals surface area contributed by atoms with Crippen LogP contribution in [0.2, 0.25) is 0 Å². The van der Waals surface area contributed by atoms with Crippen molar-refractivity contribution < 1.29 is 18.3 Å². The summed E-state index contributed by atoms with van der Waals surface area (Å²) in [4.78, 5) is 18.0. The maximum atomic E-state index is 12.2. The Morgan fingerprint density at radius 1 is 1.38 bits per heavy atom. The van der Waals surface area contributed by atoms with Gasteiger partial charge in [0, 0.05) is 32.5 Å². The zero-order valence-electron chi connectivity index (χ0n) is 13.5. The second-order valence-corrected chi connectivity index (χ2v) is 6.00. The number of halogens is 2. The lowest BCUT2D eigenvalue weighted by Gasteiger charge is -2.17. The van der Waals surface area contributed by atoms with Gasteiger partial charge < -0.3 is 14.2 Å². The van der Waals surface area contributed by atoms with Crippen LogP contribution in [0.3, 0.4) is 0 Å². The van der Waals surface area contributed by atoms with Crippen LogP contribution in [0, 0.1) is 0 Å². The molecule has 8 heteroatoms. The van der Waals surface area contributed by atoms with Crippen molar-refractivity contribution in [2.75, 3.05) is 12.8 Å². The van der Waals surface area contributed by atoms with Crippen LogP contribution >= 0.6 is 11.8 Å². The van der Waals surface area contributed by atoms with Crippen molar-refractivity contribution >= 4 is 17.7 Å². The molecule has 0 saturated heterocycles. The SMILES string of the molecule is CCn1ccnc1SCC(=O)N(C)Cc1ccc(OC(F)F)cc1. The van der Waals surface area contributed by atoms with Crippen molar-refractivity contribution in [1.82, 2.24) is 14.5 Å². The van der Waals surface area contributed by atoms with Crippen LogP contribution in [0.1, 0.15) is 12.5 Å². The van der Waals surface area contributed by atoms with Gasteiger partial charge in [-0.25, -0.2) is 4.98 Å². The molecule has 0 aliphatic rings. The quantitative estimate of drug-likeness (QED) is 0.682. The van der Waals surface area contributed by atoms with Crippen molar-refractivity contribution in [3.05, 3.63) is 42.2 Å². The molecule has 0 saturated carbocycles. The van der Waals surface area contributed by atoms with Gasteiger partial charge in [-0.1, -0.05) is 23.9 Å². The van der Waals surface area contributed by atoms with Gasteiger partial charge in [0.05, 0.1) is 5.75 Å². The topological polar surface area (TPSA) is 47.4 Å². The Kier molecular flexibility index (Phi) is 6.60. The van der Waals surface area contributed by atoms with E-state index in [-0.39, 0.29) is 11.7 Å². The Hall–Kier alpha value is -2.09. The number of carbonyl (C=O) groups excluding carboxylic acids is 1. The number of aromatic nitrogens is 2. The molecule has 0 radical (unpaired) electrons. The summed E-state index contributed by atoms with van der Waals surface area (Å²) in [5.74, 6) is 0.364. The van der Waals surface area contributed by atoms with Gasteiger partial charge in [0.2, 0.25) is 5.91 Å². The third kappa shape index (κ3) is 5.23. The van der Waals surface area contributed by atoms with Crippen molar-refractivity contribution in [2.45, 2.75) is 31.8 Å². The molecule has 0 N–H and O–H groups in total. The molecule has 5 nitrogen and oxygen atoms in total. The van der Waals surface area contributed by atoms with E-state index in [9.17, 15) is 13.6 Å². The van der Waals surface area contributed by atoms with E-state index in [1.54, 1.807) is 30.3 Å². The Bertz CT molecular complexity index is 662. The van der Waals surface area contributed by atoms with Crippen LogP contribution in [-0.2, 0) is 17.9 Å². The molecule has 0 unspecified atom stereocenters. The Morgan fingerprint density at radius 2 is 2.08 bits per heavy atom. The van der Waals surface area contributed by atoms with Crippen LogP contribution in [0.4, 0.5) is 8.78 Å². The van der Waals surface area contributed by atoms with Crippen LogP contribution < -0.4 is 4.74 Å². The first kappa shape index (κ1) is 18.3. The number of aryl methyl sites for hydroxylation is 1. The summed E-state index contributed by atoms with van der Waals surface area (Å²) in [6, 6.07) is 6.26. The predicted molar refractivity (Wildman–Crippen MR) is 88.2 cm³/mol. The van der Waals surface area contributed by atoms with Gasteiger partial charge in [-0.05, 0) is 24.6 Å². The molecule has 2 rings (SSSR count). The van der Waals surface area contributed by atoms with E-state index < -0.39 is 6.61 Å². The number of thioether (sulfide) groups is 1. The van der Waals surface area contributed by atoms with Gasteiger partial charge in [0.1, 0.15) is 5.75 Å². The number of ether oxygens (including phenoxy) is 1. The normalized spacial score (nSPS) is 10.9. The molecule has 130 valence electrons. The van der Waals surface area contributed by atoms with Crippen LogP contribution in [0.25, 0.3) is 0 Å². The fourth-order valence-corrected chi connectivity index (χ4v) is 3.02. The van der Waals surface area contributed by atoms with Crippen LogP contribution in [-0.4, -0.2) is 39.8 Å². The Balaban J connectivity index is 1.84. The first-order valence-corrected chi connectivity index (χ1v) is 8.39. The van der Waals surface area contributed by atoms with E-state index in [1.165, 1.54) is 23.9 Å². The molecule has 2 aromatic rings. The second-order valence-electron chi connectivity index (χ2n) is 5.06. The summed E-state index contributed by atoms with van der Waals surface area (Å²) in [6.45, 7) is 0.379. The third-order valence-corrected chi connectivity index (χ3v) is 4.33. The fraction of sp³-hybridized carbons (Fsp3) is 0.375. The summed E-state index contributed by atoms with van der Waals surface area (Å²) in [5, 5.41) is 0.813. The van der Waals surface area contributed by atoms with Gasteiger partial charge >= 0.3 is 6.61 Å². The lowest BCUT2D eigenvalue weighted by Crippen LogP contribution is -2.27. The van der Waals surface area contributed by atoms with Gasteiger partial charge in [0.15, 0.2) is 5.16 Å². The summed E-state index contributed by atoms with van der Waals surface area (Å²) in [6.07, 6.45) is 3.59. The number of rotatable bonds is 8. The van der Waals surface area contributed by atoms with E-state index in [1.807, 2.05) is 17.7 Å². The number of benzene rings is 1. The van der Waals surface area contributed by atoms with E-state index in [2.05, 4.69) is 9.72 Å². The molecule has 1 amide bonds. The average molecular weight is 355 g/mol. The monoisotopic (exact) mass is 355 g/mol. The average Bonchev–Trinajstić information content (AvgIpc) is 3.01. The van der Waals surface area contributed by atoms with E-state index in [0.29, 0.717) is 12.3 Å². The number of amides is 1. The first-order chi connectivity index (χ1) is 11.5. The van der Waals surface area contributed by atoms with Gasteiger partial charge in [0.25, 0.3) is 0 Å². The molecule has 0 spiro atoms. The van der Waals surface area contributed by atoms with Crippen molar-refractivity contribution in [1.29, 1.82) is 0 Å². The number of hydrogen-bond donors (Lipinski definition) is 0. The molecule has 0 aliphatic carbocycles. The molecule has 1 aromatic carbocycles. The molecular formula is C16H19F2N3O2S. The van der Waals surface area contributed by atoms with Crippen molar-refractivity contribution in [3.63, 3.8) is 0 Å². The molecule has 0 atom stereocenters. The summed E-state index contributed by atoms with van der Waals surface area (Å²) >= 11 is 1.39. The molecule has 0 bridgehead atoms. The number of imidazole rings is 1. The van der Waals surface area contributed by atoms with Gasteiger partial charge in [-0.15, -0.1) is 0 Å². The van der Waals surface area contributed by atoms with Crippen molar-refractivity contribution in [3.8, 4) is 5.75 Å². The van der Waals surface area contributed by atoms with Gasteiger partial charge in [-0.2, -0.15) is 8.78 Å². The van der Waals surface area contributed by atoms with E-state index >= 15 is 0 Å². The largest absolute Gasteiger partial charge is 0.435 e. The molecular weight excluding hydrogens is 336 g/mol. The fourth-order valence-electron chi connectivity index (χ4n) is 2.05. The maximum Gasteiger partial charge on any atom is 0.387 e. The second kappa shape index (κ2) is 8.68. The minimum Gasteiger partial charge on any atom is -0.435 e. The highest BCUT2D eigenvalue weighted by molar-refractivity contribution is 7.99. The Labute approximate surface area is 143 Å². The summed E-state index contributed by atoms with van der Waals surface area (Å²) < 4.78 is 30.5. The molecule has 1 aromatic heterocycles. The third-order valence-electron chi connectivity index (χ3n) is 3.34. The molecule has 1 heterocycles. The van der Waals surface area contributed by atoms with Crippen LogP contribution in [0.5, 0.6) is 5.75 Å². The zero-order valence-corrected chi connectivity index (χ0v) is 14.3. The first-order valence-electron chi connectivity index (χ1n) is 7.41. The molecule has 0 fully saturated rings. The maximum absolute atomic E-state index is 12.2. The standard InChI is InChI=1S/C16H19F2N3O2S/c1-3-21-9-8-19-16(21)24-11-14(22)20(2)10-12-4-6-13(7-5-12)23-15(17)18/h4-9,15H,3,10-11H2,1-2H3. The number of carbonyl (C=O) groups is 1. The van der Waals surface area contributed by atoms with Gasteiger partial charge in [-0.3, -0.25) is 4.79 Å². The number of nitrogens with zero attached hydrogens (tertiary/aromatic N) is 3. The highest BCUT2D eigenvalue weighted by Gasteiger charge is 2.12. The smallest absolute Gasteiger partial charge is 0.387 e. The number of hydrogen-bond acceptors (Lipinski definition) is 4. The zero-order chi connectivity index (χ0) is 17.5. The summed E-state index contributed by atoms with van der Waals surface area (Å²) in [7, 11) is 1.71. The minimum absolute atomic E-state index is 0.0291. The molecule has 0 aliphatic heterocycles. The highest BCUT2D eigenvalue weighted by atomic mass is 32.2. The van der Waals surface area contributed by atoms with Crippen LogP contribution in [0.15, 0.2) is 41.8 Å². The Morgan fingerprint density at radius 3 is 2.71 bits per heavy atom. The van der Waals surface area contributed by atoms with E-state index in [0.717, 1.165) is 17.3 Å². The van der Waals surface area contributed by atoms with E-state index in [4.69, 9.17) is 0 Å². The van der Waals surface area contributed by atoms with Crippen molar-refractivity contribution in [2.24, 2.45) is 0 Å².